The second kappa shape index (κ2) is 21.0. The molecule has 0 fully saturated rings. The quantitative estimate of drug-likeness (QED) is 0.315. The normalized spacial score (nSPS) is 13.5. The van der Waals surface area contributed by atoms with E-state index in [1.165, 1.54) is 35.7 Å². The summed E-state index contributed by atoms with van der Waals surface area (Å²) in [7, 11) is 12.0. The van der Waals surface area contributed by atoms with Gasteiger partial charge in [0.2, 0.25) is 0 Å². The largest absolute Gasteiger partial charge is 0.561 e. The number of nitrogens with zero attached hydrogens (tertiary/aromatic N) is 9. The van der Waals surface area contributed by atoms with E-state index < -0.39 is 5.82 Å². The number of hydrogen-bond acceptors (Lipinski definition) is 10. The number of anilines is 3. The van der Waals surface area contributed by atoms with Crippen LogP contribution in [-0.2, 0) is 60.3 Å². The van der Waals surface area contributed by atoms with Crippen molar-refractivity contribution in [3.05, 3.63) is 118 Å². The van der Waals surface area contributed by atoms with Crippen molar-refractivity contribution in [3.8, 4) is 0 Å². The Morgan fingerprint density at radius 3 is 2.17 bits per heavy atom. The average Bonchev–Trinajstić information content (AvgIpc) is 3.75. The van der Waals surface area contributed by atoms with Crippen LogP contribution in [0.1, 0.15) is 0 Å². The summed E-state index contributed by atoms with van der Waals surface area (Å²) in [6, 6.07) is 13.6. The molecule has 10 nitrogen and oxygen atoms in total. The van der Waals surface area contributed by atoms with Crippen molar-refractivity contribution in [2.24, 2.45) is 4.99 Å². The van der Waals surface area contributed by atoms with Gasteiger partial charge < -0.3 is 49.3 Å². The third kappa shape index (κ3) is 12.8. The van der Waals surface area contributed by atoms with Gasteiger partial charge in [-0.25, -0.2) is 12.1 Å². The van der Waals surface area contributed by atoms with Crippen LogP contribution in [0.5, 0.6) is 0 Å². The Labute approximate surface area is 284 Å². The summed E-state index contributed by atoms with van der Waals surface area (Å²) in [6.45, 7) is 6.75. The number of rotatable bonds is 3. The van der Waals surface area contributed by atoms with Crippen LogP contribution in [0.4, 0.5) is 21.6 Å². The summed E-state index contributed by atoms with van der Waals surface area (Å²) in [4.78, 5) is 22.7. The maximum absolute atomic E-state index is 12.4. The standard InChI is InChI=1S/C9H9N3.C8H6BN3.C7H5FN4.CH3B.3Ir/c1-11-6-7-12(8-11)9-2-4-10-5-3-9;9-12-5-4-11(7-12)8-2-1-3-10-6-8;8-6-1-2-7(10-3-6)12-5-9-4-11-12;1-2;;;/h2,4-8H,1H3;1,3-7H;1,3-5H,(H,9,11);1H3;;;/q3*-2;;;;. The maximum Gasteiger partial charge on any atom is 0.191 e. The first-order chi connectivity index (χ1) is 18.6. The minimum atomic E-state index is -0.404. The zero-order valence-corrected chi connectivity index (χ0v) is 29.0. The van der Waals surface area contributed by atoms with Crippen LogP contribution in [0.25, 0.3) is 0 Å². The van der Waals surface area contributed by atoms with E-state index >= 15 is 0 Å². The Bertz CT molecular complexity index is 1110. The molecule has 0 bridgehead atoms. The number of aromatic nitrogens is 3. The van der Waals surface area contributed by atoms with Crippen LogP contribution >= 0.6 is 0 Å². The van der Waals surface area contributed by atoms with Gasteiger partial charge in [0.25, 0.3) is 0 Å². The molecule has 6 rings (SSSR count). The molecule has 0 amide bonds. The SMILES string of the molecule is CN1C=CN(c2[c-]cncc2)[CH-]1.Fc1c[c-]c(N2[CH-]N=CN2)nc1.[B]C.[B]N1C=CN(c2[c-]ccnc2)[CH-]1.[Ir].[Ir].[Ir]. The minimum absolute atomic E-state index is 0. The van der Waals surface area contributed by atoms with Crippen molar-refractivity contribution in [3.63, 3.8) is 0 Å². The van der Waals surface area contributed by atoms with Crippen molar-refractivity contribution in [1.82, 2.24) is 30.1 Å². The van der Waals surface area contributed by atoms with Crippen LogP contribution in [0.15, 0.2) is 79.0 Å². The van der Waals surface area contributed by atoms with Gasteiger partial charge in [0.15, 0.2) is 7.98 Å². The van der Waals surface area contributed by atoms with E-state index in [0.717, 1.165) is 17.6 Å². The van der Waals surface area contributed by atoms with E-state index in [1.54, 1.807) is 43.7 Å². The van der Waals surface area contributed by atoms with Crippen LogP contribution in [0.2, 0.25) is 6.82 Å². The summed E-state index contributed by atoms with van der Waals surface area (Å²) in [5.74, 6) is 0.0766. The summed E-state index contributed by atoms with van der Waals surface area (Å²) in [6.07, 6.45) is 17.0. The topological polar surface area (TPSA) is 79.3 Å². The van der Waals surface area contributed by atoms with Crippen LogP contribution in [0.3, 0.4) is 0 Å². The molecule has 0 saturated heterocycles. The molecule has 1 N–H and O–H groups in total. The molecule has 219 valence electrons. The summed E-state index contributed by atoms with van der Waals surface area (Å²) < 4.78 is 12.4. The van der Waals surface area contributed by atoms with Gasteiger partial charge in [-0.05, 0) is 56.9 Å². The van der Waals surface area contributed by atoms with E-state index in [-0.39, 0.29) is 60.3 Å². The molecule has 0 saturated carbocycles. The van der Waals surface area contributed by atoms with E-state index in [4.69, 9.17) is 7.98 Å². The predicted molar refractivity (Wildman–Crippen MR) is 146 cm³/mol. The van der Waals surface area contributed by atoms with Gasteiger partial charge in [-0.1, -0.05) is 37.3 Å². The average molecular weight is 1080 g/mol. The van der Waals surface area contributed by atoms with Gasteiger partial charge in [0, 0.05) is 66.1 Å². The Morgan fingerprint density at radius 1 is 0.902 bits per heavy atom. The molecule has 0 spiro atoms. The molecule has 0 aliphatic carbocycles. The minimum Gasteiger partial charge on any atom is -0.561 e. The first-order valence-electron chi connectivity index (χ1n) is 11.1. The van der Waals surface area contributed by atoms with Gasteiger partial charge in [0.05, 0.1) is 7.85 Å². The second-order valence-corrected chi connectivity index (χ2v) is 7.15. The fourth-order valence-electron chi connectivity index (χ4n) is 2.84. The van der Waals surface area contributed by atoms with Gasteiger partial charge in [0.1, 0.15) is 0 Å². The molecule has 41 heavy (non-hydrogen) atoms. The summed E-state index contributed by atoms with van der Waals surface area (Å²) >= 11 is 0. The van der Waals surface area contributed by atoms with Crippen molar-refractivity contribution in [2.45, 2.75) is 6.82 Å². The van der Waals surface area contributed by atoms with Gasteiger partial charge in [-0.3, -0.25) is 4.98 Å². The third-order valence-corrected chi connectivity index (χ3v) is 4.51. The molecule has 16 heteroatoms. The van der Waals surface area contributed by atoms with Crippen LogP contribution in [0, 0.1) is 44.0 Å². The van der Waals surface area contributed by atoms with Crippen molar-refractivity contribution >= 4 is 39.4 Å². The molecule has 0 unspecified atom stereocenters. The van der Waals surface area contributed by atoms with Crippen molar-refractivity contribution < 1.29 is 64.7 Å². The van der Waals surface area contributed by atoms with Gasteiger partial charge >= 0.3 is 0 Å². The molecular weight excluding hydrogens is 1060 g/mol. The zero-order chi connectivity index (χ0) is 27.2. The summed E-state index contributed by atoms with van der Waals surface area (Å²) in [5.41, 5.74) is 4.64. The van der Waals surface area contributed by atoms with Gasteiger partial charge in [-0.15, -0.1) is 0 Å². The van der Waals surface area contributed by atoms with Gasteiger partial charge in [-0.2, -0.15) is 43.3 Å². The molecule has 3 aromatic heterocycles. The molecule has 3 aliphatic rings. The number of aliphatic imine (C=N–C) groups is 1. The second-order valence-electron chi connectivity index (χ2n) is 7.15. The van der Waals surface area contributed by atoms with Crippen LogP contribution < -0.4 is 20.2 Å². The molecule has 7 radical (unpaired) electrons. The van der Waals surface area contributed by atoms with Crippen molar-refractivity contribution in [1.29, 1.82) is 0 Å². The number of hydrogen-bond donors (Lipinski definition) is 1. The molecular formula is C25H23B2FIr3N10-6. The monoisotopic (exact) mass is 1080 g/mol. The Balaban J connectivity index is 0.000000548. The maximum atomic E-state index is 12.4. The molecule has 6 heterocycles. The molecule has 3 aliphatic heterocycles. The smallest absolute Gasteiger partial charge is 0.191 e. The Kier molecular flexibility index (Phi) is 19.7. The number of pyridine rings is 3. The van der Waals surface area contributed by atoms with E-state index in [0.29, 0.717) is 5.82 Å². The fourth-order valence-corrected chi connectivity index (χ4v) is 2.84. The molecule has 0 atom stereocenters. The predicted octanol–water partition coefficient (Wildman–Crippen LogP) is 2.59. The number of nitrogens with one attached hydrogen (secondary N) is 1. The molecule has 0 aromatic carbocycles. The van der Waals surface area contributed by atoms with E-state index in [2.05, 4.69) is 51.4 Å². The first kappa shape index (κ1) is 38.3. The fraction of sp³-hybridized carbons (Fsp3) is 0.0800. The Hall–Kier alpha value is -2.72. The summed E-state index contributed by atoms with van der Waals surface area (Å²) in [5, 5.41) is 1.53. The number of hydrazine groups is 1. The molecule has 3 aromatic rings. The first-order valence-corrected chi connectivity index (χ1v) is 11.1. The zero-order valence-electron chi connectivity index (χ0n) is 21.8. The van der Waals surface area contributed by atoms with Crippen LogP contribution in [-0.4, -0.2) is 53.9 Å². The number of halogens is 1. The third-order valence-electron chi connectivity index (χ3n) is 4.51. The Morgan fingerprint density at radius 2 is 1.66 bits per heavy atom. The van der Waals surface area contributed by atoms with E-state index in [1.807, 2.05) is 53.1 Å². The van der Waals surface area contributed by atoms with Crippen molar-refractivity contribution in [2.75, 3.05) is 21.9 Å². The van der Waals surface area contributed by atoms with E-state index in [9.17, 15) is 4.39 Å².